The Balaban J connectivity index is 2.26. The summed E-state index contributed by atoms with van der Waals surface area (Å²) in [6.45, 7) is -3.01. The van der Waals surface area contributed by atoms with Gasteiger partial charge in [-0.25, -0.2) is 0 Å². The Morgan fingerprint density at radius 2 is 1.78 bits per heavy atom. The molecular weight excluding hydrogens is 308 g/mol. The van der Waals surface area contributed by atoms with Crippen LogP contribution in [0.1, 0.15) is 10.4 Å². The second-order valence-corrected chi connectivity index (χ2v) is 4.40. The fourth-order valence-corrected chi connectivity index (χ4v) is 1.94. The van der Waals surface area contributed by atoms with Crippen LogP contribution in [0.15, 0.2) is 42.5 Å². The maximum atomic E-state index is 12.4. The largest absolute Gasteiger partial charge is 0.497 e. The summed E-state index contributed by atoms with van der Waals surface area (Å²) in [6, 6.07) is 10.6. The summed E-state index contributed by atoms with van der Waals surface area (Å²) < 4.78 is 39.4. The third-order valence-electron chi connectivity index (χ3n) is 3.00. The van der Waals surface area contributed by atoms with Gasteiger partial charge in [0.1, 0.15) is 17.2 Å². The van der Waals surface area contributed by atoms with E-state index in [9.17, 15) is 13.6 Å². The maximum absolute atomic E-state index is 12.4. The number of alkyl halides is 2. The van der Waals surface area contributed by atoms with Gasteiger partial charge >= 0.3 is 6.61 Å². The SMILES string of the molecule is COc1ccc(NC(=O)c2ccccc2OC(F)F)c(OC)c1. The second kappa shape index (κ2) is 7.44. The van der Waals surface area contributed by atoms with E-state index in [1.807, 2.05) is 0 Å². The molecule has 1 amide bonds. The van der Waals surface area contributed by atoms with Gasteiger partial charge in [0.2, 0.25) is 0 Å². The van der Waals surface area contributed by atoms with Crippen LogP contribution in [-0.2, 0) is 0 Å². The van der Waals surface area contributed by atoms with E-state index in [4.69, 9.17) is 9.47 Å². The summed E-state index contributed by atoms with van der Waals surface area (Å²) in [7, 11) is 2.95. The summed E-state index contributed by atoms with van der Waals surface area (Å²) in [5, 5.41) is 2.60. The smallest absolute Gasteiger partial charge is 0.387 e. The summed E-state index contributed by atoms with van der Waals surface area (Å²) in [5.74, 6) is 0.142. The fraction of sp³-hybridized carbons (Fsp3) is 0.188. The summed E-state index contributed by atoms with van der Waals surface area (Å²) >= 11 is 0. The standard InChI is InChI=1S/C16H15F2NO4/c1-21-10-7-8-12(14(9-10)22-2)19-15(20)11-5-3-4-6-13(11)23-16(17)18/h3-9,16H,1-2H3,(H,19,20). The highest BCUT2D eigenvalue weighted by atomic mass is 19.3. The van der Waals surface area contributed by atoms with E-state index in [0.29, 0.717) is 17.2 Å². The lowest BCUT2D eigenvalue weighted by Crippen LogP contribution is -2.15. The van der Waals surface area contributed by atoms with Crippen LogP contribution in [0.25, 0.3) is 0 Å². The summed E-state index contributed by atoms with van der Waals surface area (Å²) in [4.78, 5) is 12.3. The minimum atomic E-state index is -3.01. The van der Waals surface area contributed by atoms with Crippen LogP contribution in [0.2, 0.25) is 0 Å². The number of carbonyl (C=O) groups is 1. The predicted molar refractivity (Wildman–Crippen MR) is 80.6 cm³/mol. The second-order valence-electron chi connectivity index (χ2n) is 4.40. The fourth-order valence-electron chi connectivity index (χ4n) is 1.94. The quantitative estimate of drug-likeness (QED) is 0.883. The van der Waals surface area contributed by atoms with Gasteiger partial charge in [-0.1, -0.05) is 12.1 Å². The number of nitrogens with one attached hydrogen (secondary N) is 1. The van der Waals surface area contributed by atoms with E-state index in [0.717, 1.165) is 0 Å². The number of halogens is 2. The van der Waals surface area contributed by atoms with Crippen LogP contribution in [0.3, 0.4) is 0 Å². The number of para-hydroxylation sites is 1. The van der Waals surface area contributed by atoms with Crippen molar-refractivity contribution >= 4 is 11.6 Å². The van der Waals surface area contributed by atoms with Crippen LogP contribution in [0.4, 0.5) is 14.5 Å². The number of carbonyl (C=O) groups excluding carboxylic acids is 1. The van der Waals surface area contributed by atoms with Crippen molar-refractivity contribution in [1.29, 1.82) is 0 Å². The van der Waals surface area contributed by atoms with Crippen molar-refractivity contribution in [2.24, 2.45) is 0 Å². The van der Waals surface area contributed by atoms with Gasteiger partial charge in [0.15, 0.2) is 0 Å². The van der Waals surface area contributed by atoms with Gasteiger partial charge in [-0.2, -0.15) is 8.78 Å². The molecule has 122 valence electrons. The number of anilines is 1. The molecule has 0 radical (unpaired) electrons. The van der Waals surface area contributed by atoms with Crippen molar-refractivity contribution in [2.45, 2.75) is 6.61 Å². The molecule has 2 aromatic carbocycles. The Bertz CT molecular complexity index is 692. The number of hydrogen-bond acceptors (Lipinski definition) is 4. The molecule has 0 bridgehead atoms. The first-order valence-corrected chi connectivity index (χ1v) is 6.62. The van der Waals surface area contributed by atoms with Gasteiger partial charge in [-0.05, 0) is 24.3 Å². The van der Waals surface area contributed by atoms with E-state index in [1.54, 1.807) is 24.3 Å². The van der Waals surface area contributed by atoms with Crippen LogP contribution < -0.4 is 19.5 Å². The molecule has 0 aliphatic heterocycles. The molecule has 0 aromatic heterocycles. The van der Waals surface area contributed by atoms with E-state index < -0.39 is 12.5 Å². The van der Waals surface area contributed by atoms with Gasteiger partial charge in [-0.3, -0.25) is 4.79 Å². The average molecular weight is 323 g/mol. The molecule has 23 heavy (non-hydrogen) atoms. The van der Waals surface area contributed by atoms with Crippen molar-refractivity contribution in [2.75, 3.05) is 19.5 Å². The number of methoxy groups -OCH3 is 2. The highest BCUT2D eigenvalue weighted by Crippen LogP contribution is 2.30. The van der Waals surface area contributed by atoms with E-state index in [-0.39, 0.29) is 11.3 Å². The Morgan fingerprint density at radius 3 is 2.43 bits per heavy atom. The van der Waals surface area contributed by atoms with Crippen molar-refractivity contribution in [3.63, 3.8) is 0 Å². The predicted octanol–water partition coefficient (Wildman–Crippen LogP) is 3.56. The number of hydrogen-bond donors (Lipinski definition) is 1. The zero-order valence-electron chi connectivity index (χ0n) is 12.5. The molecule has 0 fully saturated rings. The molecule has 1 N–H and O–H groups in total. The molecule has 0 saturated heterocycles. The van der Waals surface area contributed by atoms with Crippen molar-refractivity contribution < 1.29 is 27.8 Å². The monoisotopic (exact) mass is 323 g/mol. The molecule has 0 atom stereocenters. The lowest BCUT2D eigenvalue weighted by atomic mass is 10.1. The molecule has 2 rings (SSSR count). The van der Waals surface area contributed by atoms with Gasteiger partial charge in [0.25, 0.3) is 5.91 Å². The van der Waals surface area contributed by atoms with Crippen molar-refractivity contribution in [1.82, 2.24) is 0 Å². The minimum Gasteiger partial charge on any atom is -0.497 e. The molecule has 0 saturated carbocycles. The molecule has 0 aliphatic rings. The normalized spacial score (nSPS) is 10.3. The maximum Gasteiger partial charge on any atom is 0.387 e. The lowest BCUT2D eigenvalue weighted by Gasteiger charge is -2.13. The summed E-state index contributed by atoms with van der Waals surface area (Å²) in [6.07, 6.45) is 0. The lowest BCUT2D eigenvalue weighted by molar-refractivity contribution is -0.0501. The molecule has 0 aliphatic carbocycles. The molecule has 0 heterocycles. The topological polar surface area (TPSA) is 56.8 Å². The molecule has 5 nitrogen and oxygen atoms in total. The number of rotatable bonds is 6. The molecule has 0 unspecified atom stereocenters. The van der Waals surface area contributed by atoms with Crippen LogP contribution in [0.5, 0.6) is 17.2 Å². The zero-order chi connectivity index (χ0) is 16.8. The van der Waals surface area contributed by atoms with E-state index in [2.05, 4.69) is 10.1 Å². The highest BCUT2D eigenvalue weighted by Gasteiger charge is 2.17. The third-order valence-corrected chi connectivity index (χ3v) is 3.00. The molecular formula is C16H15F2NO4. The van der Waals surface area contributed by atoms with Crippen LogP contribution >= 0.6 is 0 Å². The Hall–Kier alpha value is -2.83. The van der Waals surface area contributed by atoms with Gasteiger partial charge in [0, 0.05) is 6.07 Å². The van der Waals surface area contributed by atoms with Crippen molar-refractivity contribution in [3.8, 4) is 17.2 Å². The third kappa shape index (κ3) is 4.09. The van der Waals surface area contributed by atoms with Crippen molar-refractivity contribution in [3.05, 3.63) is 48.0 Å². The molecule has 7 heteroatoms. The number of amides is 1. The van der Waals surface area contributed by atoms with E-state index in [1.165, 1.54) is 32.4 Å². The first kappa shape index (κ1) is 16.5. The van der Waals surface area contributed by atoms with Crippen LogP contribution in [0, 0.1) is 0 Å². The highest BCUT2D eigenvalue weighted by molar-refractivity contribution is 6.06. The zero-order valence-corrected chi connectivity index (χ0v) is 12.5. The number of ether oxygens (including phenoxy) is 3. The first-order chi connectivity index (χ1) is 11.0. The Kier molecular flexibility index (Phi) is 5.35. The van der Waals surface area contributed by atoms with Gasteiger partial charge in [-0.15, -0.1) is 0 Å². The molecule has 0 spiro atoms. The first-order valence-electron chi connectivity index (χ1n) is 6.62. The Morgan fingerprint density at radius 1 is 1.04 bits per heavy atom. The van der Waals surface area contributed by atoms with E-state index >= 15 is 0 Å². The van der Waals surface area contributed by atoms with Gasteiger partial charge in [0.05, 0.1) is 25.5 Å². The minimum absolute atomic E-state index is 0.00864. The molecule has 2 aromatic rings. The number of benzene rings is 2. The average Bonchev–Trinajstić information content (AvgIpc) is 2.55. The van der Waals surface area contributed by atoms with Gasteiger partial charge < -0.3 is 19.5 Å². The van der Waals surface area contributed by atoms with Crippen LogP contribution in [-0.4, -0.2) is 26.7 Å². The summed E-state index contributed by atoms with van der Waals surface area (Å²) in [5.41, 5.74) is 0.371. The Labute approximate surface area is 131 Å².